The van der Waals surface area contributed by atoms with Gasteiger partial charge < -0.3 is 19.5 Å². The molecule has 1 saturated heterocycles. The van der Waals surface area contributed by atoms with Gasteiger partial charge in [0.2, 0.25) is 0 Å². The summed E-state index contributed by atoms with van der Waals surface area (Å²) in [7, 11) is 1.72. The summed E-state index contributed by atoms with van der Waals surface area (Å²) in [6.07, 6.45) is 3.47. The SMILES string of the molecule is CC(C)(C)OC(=O)N1CCCC1CCCO.COc1cc2ccc1SC2. The van der Waals surface area contributed by atoms with Crippen LogP contribution in [-0.4, -0.2) is 48.0 Å². The molecule has 1 aromatic rings. The van der Waals surface area contributed by atoms with Crippen LogP contribution in [-0.2, 0) is 10.5 Å². The minimum absolute atomic E-state index is 0.193. The lowest BCUT2D eigenvalue weighted by atomic mass is 10.1. The van der Waals surface area contributed by atoms with E-state index in [1.165, 1.54) is 10.5 Å². The molecule has 1 fully saturated rings. The highest BCUT2D eigenvalue weighted by atomic mass is 32.2. The smallest absolute Gasteiger partial charge is 0.410 e. The Hall–Kier alpha value is -1.40. The number of carbonyl (C=O) groups excluding carboxylic acids is 1. The molecule has 146 valence electrons. The van der Waals surface area contributed by atoms with Gasteiger partial charge in [0.05, 0.1) is 7.11 Å². The van der Waals surface area contributed by atoms with Gasteiger partial charge in [0.15, 0.2) is 0 Å². The molecule has 3 heterocycles. The van der Waals surface area contributed by atoms with Crippen molar-refractivity contribution >= 4 is 17.9 Å². The molecule has 26 heavy (non-hydrogen) atoms. The normalized spacial score (nSPS) is 18.3. The predicted molar refractivity (Wildman–Crippen MR) is 105 cm³/mol. The van der Waals surface area contributed by atoms with E-state index in [2.05, 4.69) is 18.2 Å². The number of hydrogen-bond donors (Lipinski definition) is 1. The van der Waals surface area contributed by atoms with Crippen molar-refractivity contribution < 1.29 is 19.4 Å². The van der Waals surface area contributed by atoms with Crippen LogP contribution in [0.3, 0.4) is 0 Å². The number of ether oxygens (including phenoxy) is 2. The highest BCUT2D eigenvalue weighted by molar-refractivity contribution is 7.98. The molecular formula is C20H31NO4S. The van der Waals surface area contributed by atoms with Crippen LogP contribution >= 0.6 is 11.8 Å². The zero-order chi connectivity index (χ0) is 19.2. The van der Waals surface area contributed by atoms with E-state index in [9.17, 15) is 4.79 Å². The van der Waals surface area contributed by atoms with Gasteiger partial charge in [-0.25, -0.2) is 4.79 Å². The Bertz CT molecular complexity index is 600. The predicted octanol–water partition coefficient (Wildman–Crippen LogP) is 4.46. The third-order valence-electron chi connectivity index (χ3n) is 4.32. The van der Waals surface area contributed by atoms with Crippen LogP contribution in [0.25, 0.3) is 0 Å². The zero-order valence-electron chi connectivity index (χ0n) is 16.3. The number of hydrogen-bond acceptors (Lipinski definition) is 5. The Kier molecular flexibility index (Phi) is 7.65. The van der Waals surface area contributed by atoms with Crippen molar-refractivity contribution in [2.75, 3.05) is 20.3 Å². The van der Waals surface area contributed by atoms with Gasteiger partial charge in [-0.2, -0.15) is 0 Å². The van der Waals surface area contributed by atoms with Crippen LogP contribution in [0.1, 0.15) is 52.0 Å². The molecule has 4 rings (SSSR count). The molecule has 5 nitrogen and oxygen atoms in total. The number of nitrogens with zero attached hydrogens (tertiary/aromatic N) is 1. The molecular weight excluding hydrogens is 350 g/mol. The third-order valence-corrected chi connectivity index (χ3v) is 5.45. The second-order valence-electron chi connectivity index (χ2n) is 7.61. The first kappa shape index (κ1) is 20.9. The largest absolute Gasteiger partial charge is 0.496 e. The number of carbonyl (C=O) groups is 1. The number of rotatable bonds is 4. The van der Waals surface area contributed by atoms with Crippen molar-refractivity contribution in [1.82, 2.24) is 4.90 Å². The molecule has 2 bridgehead atoms. The van der Waals surface area contributed by atoms with E-state index >= 15 is 0 Å². The second kappa shape index (κ2) is 9.51. The number of aliphatic hydroxyl groups is 1. The molecule has 0 radical (unpaired) electrons. The minimum Gasteiger partial charge on any atom is -0.496 e. The van der Waals surface area contributed by atoms with Crippen molar-refractivity contribution in [2.45, 2.75) is 68.7 Å². The number of benzene rings is 1. The first-order chi connectivity index (χ1) is 12.3. The molecule has 1 unspecified atom stereocenters. The summed E-state index contributed by atoms with van der Waals surface area (Å²) >= 11 is 1.85. The summed E-state index contributed by atoms with van der Waals surface area (Å²) in [5.74, 6) is 2.13. The maximum atomic E-state index is 11.9. The van der Waals surface area contributed by atoms with Crippen molar-refractivity contribution in [3.63, 3.8) is 0 Å². The highest BCUT2D eigenvalue weighted by Gasteiger charge is 2.31. The molecule has 3 aliphatic heterocycles. The molecule has 1 N–H and O–H groups in total. The van der Waals surface area contributed by atoms with Crippen LogP contribution in [0.4, 0.5) is 4.79 Å². The molecule has 0 aromatic heterocycles. The fourth-order valence-electron chi connectivity index (χ4n) is 3.11. The lowest BCUT2D eigenvalue weighted by Gasteiger charge is -2.28. The summed E-state index contributed by atoms with van der Waals surface area (Å²) in [4.78, 5) is 14.9. The van der Waals surface area contributed by atoms with E-state index in [0.29, 0.717) is 0 Å². The molecule has 0 aliphatic carbocycles. The molecule has 1 amide bonds. The van der Waals surface area contributed by atoms with E-state index in [0.717, 1.165) is 43.7 Å². The Morgan fingerprint density at radius 3 is 2.62 bits per heavy atom. The van der Waals surface area contributed by atoms with Gasteiger partial charge in [-0.3, -0.25) is 0 Å². The molecule has 1 aromatic carbocycles. The van der Waals surface area contributed by atoms with Gasteiger partial charge >= 0.3 is 6.09 Å². The van der Waals surface area contributed by atoms with Gasteiger partial charge in [0, 0.05) is 29.8 Å². The van der Waals surface area contributed by atoms with Crippen LogP contribution in [0, 0.1) is 0 Å². The second-order valence-corrected chi connectivity index (χ2v) is 8.63. The van der Waals surface area contributed by atoms with E-state index in [4.69, 9.17) is 14.6 Å². The van der Waals surface area contributed by atoms with Gasteiger partial charge in [-0.05, 0) is 64.2 Å². The van der Waals surface area contributed by atoms with Crippen molar-refractivity contribution in [3.05, 3.63) is 23.8 Å². The number of fused-ring (bicyclic) bond motifs is 3. The quantitative estimate of drug-likeness (QED) is 0.834. The fraction of sp³-hybridized carbons (Fsp3) is 0.650. The Morgan fingerprint density at radius 2 is 2.15 bits per heavy atom. The third kappa shape index (κ3) is 6.09. The lowest BCUT2D eigenvalue weighted by molar-refractivity contribution is 0.0215. The summed E-state index contributed by atoms with van der Waals surface area (Å²) < 4.78 is 10.5. The fourth-order valence-corrected chi connectivity index (χ4v) is 4.06. The molecule has 0 saturated carbocycles. The van der Waals surface area contributed by atoms with E-state index in [-0.39, 0.29) is 18.7 Å². The van der Waals surface area contributed by atoms with E-state index < -0.39 is 5.60 Å². The van der Waals surface area contributed by atoms with Crippen LogP contribution in [0.2, 0.25) is 0 Å². The monoisotopic (exact) mass is 381 g/mol. The van der Waals surface area contributed by atoms with Crippen molar-refractivity contribution in [1.29, 1.82) is 0 Å². The molecule has 6 heteroatoms. The van der Waals surface area contributed by atoms with Crippen molar-refractivity contribution in [3.8, 4) is 5.75 Å². The number of amides is 1. The standard InChI is InChI=1S/C12H23NO3.C8H8OS/c1-12(2,3)16-11(15)13-8-4-6-10(13)7-5-9-14;1-9-7-4-6-2-3-8(7)10-5-6/h10,14H,4-9H2,1-3H3;2-4H,5H2,1H3. The topological polar surface area (TPSA) is 59.0 Å². The maximum Gasteiger partial charge on any atom is 0.410 e. The van der Waals surface area contributed by atoms with E-state index in [1.54, 1.807) is 12.0 Å². The Morgan fingerprint density at radius 1 is 1.38 bits per heavy atom. The minimum atomic E-state index is -0.429. The first-order valence-corrected chi connectivity index (χ1v) is 10.2. The first-order valence-electron chi connectivity index (χ1n) is 9.24. The highest BCUT2D eigenvalue weighted by Crippen LogP contribution is 2.38. The number of methoxy groups -OCH3 is 1. The van der Waals surface area contributed by atoms with Crippen molar-refractivity contribution in [2.24, 2.45) is 0 Å². The van der Waals surface area contributed by atoms with Gasteiger partial charge in [0.1, 0.15) is 11.4 Å². The van der Waals surface area contributed by atoms with Crippen LogP contribution < -0.4 is 4.74 Å². The molecule has 3 aliphatic rings. The lowest BCUT2D eigenvalue weighted by Crippen LogP contribution is -2.39. The summed E-state index contributed by atoms with van der Waals surface area (Å²) in [6, 6.07) is 6.62. The number of thioether (sulfide) groups is 1. The molecule has 0 spiro atoms. The van der Waals surface area contributed by atoms with E-state index in [1.807, 2.05) is 32.5 Å². The number of likely N-dealkylation sites (tertiary alicyclic amines) is 1. The summed E-state index contributed by atoms with van der Waals surface area (Å²) in [5, 5.41) is 8.80. The van der Waals surface area contributed by atoms with Crippen LogP contribution in [0.5, 0.6) is 5.75 Å². The Balaban J connectivity index is 0.000000206. The van der Waals surface area contributed by atoms with Crippen LogP contribution in [0.15, 0.2) is 23.1 Å². The average Bonchev–Trinajstić information content (AvgIpc) is 3.08. The van der Waals surface area contributed by atoms with Gasteiger partial charge in [-0.15, -0.1) is 11.8 Å². The Labute approximate surface area is 161 Å². The number of aliphatic hydroxyl groups excluding tert-OH is 1. The average molecular weight is 382 g/mol. The zero-order valence-corrected chi connectivity index (χ0v) is 17.1. The summed E-state index contributed by atoms with van der Waals surface area (Å²) in [5.41, 5.74) is 0.929. The molecule has 1 atom stereocenters. The van der Waals surface area contributed by atoms with Gasteiger partial charge in [0.25, 0.3) is 0 Å². The van der Waals surface area contributed by atoms with Gasteiger partial charge in [-0.1, -0.05) is 6.07 Å². The summed E-state index contributed by atoms with van der Waals surface area (Å²) in [6.45, 7) is 6.61. The maximum absolute atomic E-state index is 11.9.